The Balaban J connectivity index is 2.38. The third-order valence-corrected chi connectivity index (χ3v) is 2.18. The highest BCUT2D eigenvalue weighted by Gasteiger charge is 2.04. The predicted molar refractivity (Wildman–Crippen MR) is 57.2 cm³/mol. The molecule has 1 aromatic carbocycles. The number of carbonyl (C=O) groups is 1. The Bertz CT molecular complexity index is 459. The van der Waals surface area contributed by atoms with Crippen LogP contribution >= 0.6 is 0 Å². The van der Waals surface area contributed by atoms with E-state index in [4.69, 9.17) is 0 Å². The van der Waals surface area contributed by atoms with Gasteiger partial charge in [0.05, 0.1) is 5.69 Å². The number of nitrogens with one attached hydrogen (secondary N) is 2. The number of hydrogen-bond donors (Lipinski definition) is 2. The predicted octanol–water partition coefficient (Wildman–Crippen LogP) is 2.52. The van der Waals surface area contributed by atoms with Crippen LogP contribution in [-0.2, 0) is 4.79 Å². The number of aromatic amines is 1. The van der Waals surface area contributed by atoms with Gasteiger partial charge in [0.25, 0.3) is 0 Å². The standard InChI is InChI=1S/C11H12N2O/c1-2-11(14)13-10-7-12-9-6-4-3-5-8(9)10/h3-7,12H,2H2,1H3,(H,13,14). The zero-order chi connectivity index (χ0) is 9.97. The molecule has 3 nitrogen and oxygen atoms in total. The Kier molecular flexibility index (Phi) is 2.23. The normalized spacial score (nSPS) is 10.4. The highest BCUT2D eigenvalue weighted by molar-refractivity contribution is 6.01. The second kappa shape index (κ2) is 3.54. The average Bonchev–Trinajstić information content (AvgIpc) is 2.62. The van der Waals surface area contributed by atoms with Crippen LogP contribution in [0.2, 0.25) is 0 Å². The quantitative estimate of drug-likeness (QED) is 0.747. The number of rotatable bonds is 2. The molecule has 2 rings (SSSR count). The van der Waals surface area contributed by atoms with Gasteiger partial charge in [-0.2, -0.15) is 0 Å². The summed E-state index contributed by atoms with van der Waals surface area (Å²) in [5.41, 5.74) is 1.89. The van der Waals surface area contributed by atoms with E-state index in [1.54, 1.807) is 0 Å². The fraction of sp³-hybridized carbons (Fsp3) is 0.182. The molecule has 1 heterocycles. The van der Waals surface area contributed by atoms with Gasteiger partial charge >= 0.3 is 0 Å². The fourth-order valence-electron chi connectivity index (χ4n) is 1.41. The first-order valence-electron chi connectivity index (χ1n) is 4.67. The van der Waals surface area contributed by atoms with Gasteiger partial charge in [0, 0.05) is 23.5 Å². The second-order valence-electron chi connectivity index (χ2n) is 3.15. The Morgan fingerprint density at radius 2 is 2.21 bits per heavy atom. The molecule has 0 aliphatic rings. The number of para-hydroxylation sites is 1. The van der Waals surface area contributed by atoms with Crippen LogP contribution in [0.15, 0.2) is 30.5 Å². The van der Waals surface area contributed by atoms with Crippen molar-refractivity contribution in [3.8, 4) is 0 Å². The molecule has 0 saturated heterocycles. The molecule has 0 aliphatic carbocycles. The van der Waals surface area contributed by atoms with E-state index in [9.17, 15) is 4.79 Å². The minimum absolute atomic E-state index is 0.0368. The van der Waals surface area contributed by atoms with Gasteiger partial charge < -0.3 is 10.3 Å². The van der Waals surface area contributed by atoms with Crippen LogP contribution in [0.3, 0.4) is 0 Å². The summed E-state index contributed by atoms with van der Waals surface area (Å²) >= 11 is 0. The largest absolute Gasteiger partial charge is 0.359 e. The van der Waals surface area contributed by atoms with E-state index in [-0.39, 0.29) is 5.91 Å². The molecule has 72 valence electrons. The van der Waals surface area contributed by atoms with Gasteiger partial charge in [0.2, 0.25) is 5.91 Å². The Morgan fingerprint density at radius 1 is 1.43 bits per heavy atom. The summed E-state index contributed by atoms with van der Waals surface area (Å²) in [6.07, 6.45) is 2.32. The number of H-pyrrole nitrogens is 1. The van der Waals surface area contributed by atoms with Gasteiger partial charge in [-0.05, 0) is 6.07 Å². The van der Waals surface area contributed by atoms with Gasteiger partial charge in [-0.25, -0.2) is 0 Å². The molecule has 0 atom stereocenters. The number of anilines is 1. The molecule has 0 radical (unpaired) electrons. The van der Waals surface area contributed by atoms with Crippen molar-refractivity contribution < 1.29 is 4.79 Å². The van der Waals surface area contributed by atoms with Crippen molar-refractivity contribution in [2.75, 3.05) is 5.32 Å². The number of carbonyl (C=O) groups excluding carboxylic acids is 1. The lowest BCUT2D eigenvalue weighted by molar-refractivity contribution is -0.115. The van der Waals surface area contributed by atoms with E-state index in [2.05, 4.69) is 10.3 Å². The molecule has 0 fully saturated rings. The number of benzene rings is 1. The van der Waals surface area contributed by atoms with E-state index in [1.807, 2.05) is 37.4 Å². The first-order chi connectivity index (χ1) is 6.81. The first-order valence-corrected chi connectivity index (χ1v) is 4.67. The molecule has 0 saturated carbocycles. The Hall–Kier alpha value is -1.77. The van der Waals surface area contributed by atoms with Crippen LogP contribution in [0.4, 0.5) is 5.69 Å². The third-order valence-electron chi connectivity index (χ3n) is 2.18. The number of fused-ring (bicyclic) bond motifs is 1. The van der Waals surface area contributed by atoms with Gasteiger partial charge in [-0.1, -0.05) is 25.1 Å². The number of amides is 1. The molecule has 0 aliphatic heterocycles. The molecule has 1 aromatic heterocycles. The molecular formula is C11H12N2O. The molecule has 2 aromatic rings. The summed E-state index contributed by atoms with van der Waals surface area (Å²) in [6.45, 7) is 1.84. The minimum atomic E-state index is 0.0368. The van der Waals surface area contributed by atoms with Crippen molar-refractivity contribution in [2.24, 2.45) is 0 Å². The van der Waals surface area contributed by atoms with Gasteiger partial charge in [-0.15, -0.1) is 0 Å². The molecule has 2 N–H and O–H groups in total. The summed E-state index contributed by atoms with van der Waals surface area (Å²) in [5.74, 6) is 0.0368. The summed E-state index contributed by atoms with van der Waals surface area (Å²) in [6, 6.07) is 7.88. The molecule has 0 bridgehead atoms. The molecule has 0 unspecified atom stereocenters. The highest BCUT2D eigenvalue weighted by atomic mass is 16.1. The van der Waals surface area contributed by atoms with Crippen LogP contribution in [0, 0.1) is 0 Å². The van der Waals surface area contributed by atoms with Crippen LogP contribution in [0.25, 0.3) is 10.9 Å². The van der Waals surface area contributed by atoms with E-state index >= 15 is 0 Å². The molecule has 14 heavy (non-hydrogen) atoms. The van der Waals surface area contributed by atoms with Crippen molar-refractivity contribution >= 4 is 22.5 Å². The lowest BCUT2D eigenvalue weighted by Gasteiger charge is -2.00. The first kappa shape index (κ1) is 8.81. The van der Waals surface area contributed by atoms with E-state index in [1.165, 1.54) is 0 Å². The maximum Gasteiger partial charge on any atom is 0.224 e. The summed E-state index contributed by atoms with van der Waals surface area (Å²) in [4.78, 5) is 14.3. The summed E-state index contributed by atoms with van der Waals surface area (Å²) in [7, 11) is 0. The van der Waals surface area contributed by atoms with Crippen molar-refractivity contribution in [3.63, 3.8) is 0 Å². The zero-order valence-corrected chi connectivity index (χ0v) is 8.00. The SMILES string of the molecule is CCC(=O)Nc1c[nH]c2ccccc12. The maximum absolute atomic E-state index is 11.2. The molecular weight excluding hydrogens is 176 g/mol. The second-order valence-corrected chi connectivity index (χ2v) is 3.15. The lowest BCUT2D eigenvalue weighted by atomic mass is 10.2. The highest BCUT2D eigenvalue weighted by Crippen LogP contribution is 2.22. The van der Waals surface area contributed by atoms with E-state index in [0.29, 0.717) is 6.42 Å². The number of hydrogen-bond acceptors (Lipinski definition) is 1. The Morgan fingerprint density at radius 3 is 3.00 bits per heavy atom. The van der Waals surface area contributed by atoms with Crippen LogP contribution < -0.4 is 5.32 Å². The van der Waals surface area contributed by atoms with Gasteiger partial charge in [0.15, 0.2) is 0 Å². The van der Waals surface area contributed by atoms with Gasteiger partial charge in [-0.3, -0.25) is 4.79 Å². The van der Waals surface area contributed by atoms with Crippen molar-refractivity contribution in [2.45, 2.75) is 13.3 Å². The van der Waals surface area contributed by atoms with Crippen molar-refractivity contribution in [3.05, 3.63) is 30.5 Å². The molecule has 0 spiro atoms. The zero-order valence-electron chi connectivity index (χ0n) is 8.00. The minimum Gasteiger partial charge on any atom is -0.359 e. The monoisotopic (exact) mass is 188 g/mol. The fourth-order valence-corrected chi connectivity index (χ4v) is 1.41. The Labute approximate surface area is 82.1 Å². The van der Waals surface area contributed by atoms with Crippen LogP contribution in [0.5, 0.6) is 0 Å². The topological polar surface area (TPSA) is 44.9 Å². The summed E-state index contributed by atoms with van der Waals surface area (Å²) < 4.78 is 0. The smallest absolute Gasteiger partial charge is 0.224 e. The average molecular weight is 188 g/mol. The van der Waals surface area contributed by atoms with Gasteiger partial charge in [0.1, 0.15) is 0 Å². The molecule has 3 heteroatoms. The van der Waals surface area contributed by atoms with Crippen LogP contribution in [0.1, 0.15) is 13.3 Å². The van der Waals surface area contributed by atoms with E-state index in [0.717, 1.165) is 16.6 Å². The van der Waals surface area contributed by atoms with Crippen molar-refractivity contribution in [1.82, 2.24) is 4.98 Å². The van der Waals surface area contributed by atoms with E-state index < -0.39 is 0 Å². The summed E-state index contributed by atoms with van der Waals surface area (Å²) in [5, 5.41) is 3.89. The third kappa shape index (κ3) is 1.48. The lowest BCUT2D eigenvalue weighted by Crippen LogP contribution is -2.08. The maximum atomic E-state index is 11.2. The van der Waals surface area contributed by atoms with Crippen LogP contribution in [-0.4, -0.2) is 10.9 Å². The number of aromatic nitrogens is 1. The molecule has 1 amide bonds. The van der Waals surface area contributed by atoms with Crippen molar-refractivity contribution in [1.29, 1.82) is 0 Å².